The molecule has 0 radical (unpaired) electrons. The van der Waals surface area contributed by atoms with Crippen LogP contribution in [-0.4, -0.2) is 45.3 Å². The van der Waals surface area contributed by atoms with Crippen LogP contribution in [0.4, 0.5) is 8.78 Å². The van der Waals surface area contributed by atoms with E-state index in [0.717, 1.165) is 37.3 Å². The van der Waals surface area contributed by atoms with E-state index in [1.165, 1.54) is 17.1 Å². The third-order valence-electron chi connectivity index (χ3n) is 4.99. The normalized spacial score (nSPS) is 15.0. The van der Waals surface area contributed by atoms with Gasteiger partial charge in [-0.05, 0) is 38.0 Å². The molecule has 1 amide bonds. The number of amides is 1. The van der Waals surface area contributed by atoms with Gasteiger partial charge in [0, 0.05) is 23.3 Å². The molecule has 1 N–H and O–H groups in total. The van der Waals surface area contributed by atoms with Gasteiger partial charge in [-0.3, -0.25) is 4.79 Å². The molecule has 13 heteroatoms. The topological polar surface area (TPSA) is 120 Å². The molecular formula is C20H19ClF2N6O3S. The molecule has 1 aliphatic rings. The van der Waals surface area contributed by atoms with Crippen molar-refractivity contribution in [3.63, 3.8) is 0 Å². The number of alkyl halides is 2. The van der Waals surface area contributed by atoms with Gasteiger partial charge in [-0.25, -0.2) is 32.2 Å². The minimum Gasteiger partial charge on any atom is -0.342 e. The fourth-order valence-corrected chi connectivity index (χ4v) is 3.92. The van der Waals surface area contributed by atoms with Crippen molar-refractivity contribution in [2.45, 2.75) is 43.0 Å². The van der Waals surface area contributed by atoms with Crippen LogP contribution in [0.1, 0.15) is 65.7 Å². The van der Waals surface area contributed by atoms with E-state index in [9.17, 15) is 22.0 Å². The summed E-state index contributed by atoms with van der Waals surface area (Å²) in [5.41, 5.74) is -0.777. The average molecular weight is 497 g/mol. The van der Waals surface area contributed by atoms with Crippen molar-refractivity contribution >= 4 is 27.3 Å². The maximum absolute atomic E-state index is 13.3. The first kappa shape index (κ1) is 23.2. The van der Waals surface area contributed by atoms with Crippen LogP contribution in [0.3, 0.4) is 0 Å². The first-order valence-corrected chi connectivity index (χ1v) is 12.2. The molecule has 1 saturated carbocycles. The molecule has 0 aliphatic heterocycles. The lowest BCUT2D eigenvalue weighted by Gasteiger charge is -2.15. The third-order valence-corrected chi connectivity index (χ3v) is 6.28. The molecule has 0 saturated heterocycles. The van der Waals surface area contributed by atoms with E-state index in [-0.39, 0.29) is 22.3 Å². The van der Waals surface area contributed by atoms with E-state index in [1.807, 2.05) is 0 Å². The molecule has 174 valence electrons. The van der Waals surface area contributed by atoms with Crippen molar-refractivity contribution in [3.05, 3.63) is 58.4 Å². The summed E-state index contributed by atoms with van der Waals surface area (Å²) in [7, 11) is -3.81. The highest BCUT2D eigenvalue weighted by atomic mass is 35.5. The van der Waals surface area contributed by atoms with E-state index in [4.69, 9.17) is 11.6 Å². The molecule has 4 rings (SSSR count). The van der Waals surface area contributed by atoms with Gasteiger partial charge in [-0.15, -0.1) is 5.10 Å². The summed E-state index contributed by atoms with van der Waals surface area (Å²) >= 11 is 5.86. The Morgan fingerprint density at radius 2 is 1.88 bits per heavy atom. The Balaban J connectivity index is 1.66. The summed E-state index contributed by atoms with van der Waals surface area (Å²) in [6.45, 7) is 1.64. The number of nitrogens with one attached hydrogen (secondary N) is 1. The molecule has 33 heavy (non-hydrogen) atoms. The number of hydrogen-bond acceptors (Lipinski definition) is 7. The van der Waals surface area contributed by atoms with Gasteiger partial charge in [0.2, 0.25) is 0 Å². The molecule has 0 spiro atoms. The Bertz CT molecular complexity index is 1310. The monoisotopic (exact) mass is 496 g/mol. The Morgan fingerprint density at radius 3 is 2.45 bits per heavy atom. The Morgan fingerprint density at radius 1 is 1.21 bits per heavy atom. The van der Waals surface area contributed by atoms with Gasteiger partial charge >= 0.3 is 0 Å². The quantitative estimate of drug-likeness (QED) is 0.532. The molecule has 3 aromatic rings. The maximum atomic E-state index is 13.3. The number of nitrogens with zero attached hydrogens (tertiary/aromatic N) is 5. The van der Waals surface area contributed by atoms with Crippen LogP contribution in [0.15, 0.2) is 35.5 Å². The van der Waals surface area contributed by atoms with Gasteiger partial charge in [0.15, 0.2) is 21.5 Å². The Kier molecular flexibility index (Phi) is 6.14. The first-order chi connectivity index (χ1) is 15.5. The second-order valence-electron chi connectivity index (χ2n) is 7.77. The molecule has 0 bridgehead atoms. The molecule has 2 aromatic heterocycles. The molecule has 9 nitrogen and oxygen atoms in total. The standard InChI is InChI=1S/C20H19ClF2N6O3S/c1-10(26-19(30)13-5-12(16(22)23)6-15(7-13)33(2,31)32)18-27-17(11-3-4-11)28-29(18)20-24-8-14(21)9-25-20/h5-11,16H,3-4H2,1-2H3,(H,26,30)/t10-/m0/s1. The molecule has 1 aliphatic carbocycles. The largest absolute Gasteiger partial charge is 0.342 e. The van der Waals surface area contributed by atoms with E-state index in [0.29, 0.717) is 16.7 Å². The number of carbonyl (C=O) groups is 1. The maximum Gasteiger partial charge on any atom is 0.263 e. The van der Waals surface area contributed by atoms with Gasteiger partial charge in [-0.1, -0.05) is 11.6 Å². The molecule has 0 unspecified atom stereocenters. The van der Waals surface area contributed by atoms with Crippen LogP contribution >= 0.6 is 11.6 Å². The second-order valence-corrected chi connectivity index (χ2v) is 10.2. The van der Waals surface area contributed by atoms with Crippen molar-refractivity contribution in [2.75, 3.05) is 6.26 Å². The Hall–Kier alpha value is -2.99. The highest BCUT2D eigenvalue weighted by Gasteiger charge is 2.31. The number of halogens is 3. The van der Waals surface area contributed by atoms with Gasteiger partial charge < -0.3 is 5.32 Å². The predicted molar refractivity (Wildman–Crippen MR) is 114 cm³/mol. The molecular weight excluding hydrogens is 478 g/mol. The fourth-order valence-electron chi connectivity index (χ4n) is 3.14. The summed E-state index contributed by atoms with van der Waals surface area (Å²) in [5, 5.41) is 7.47. The third kappa shape index (κ3) is 5.17. The fraction of sp³-hybridized carbons (Fsp3) is 0.350. The van der Waals surface area contributed by atoms with E-state index >= 15 is 0 Å². The van der Waals surface area contributed by atoms with Gasteiger partial charge in [0.05, 0.1) is 28.4 Å². The van der Waals surface area contributed by atoms with Crippen LogP contribution in [0.25, 0.3) is 5.95 Å². The van der Waals surface area contributed by atoms with Crippen LogP contribution in [0.2, 0.25) is 5.02 Å². The molecule has 1 fully saturated rings. The highest BCUT2D eigenvalue weighted by Crippen LogP contribution is 2.38. The predicted octanol–water partition coefficient (Wildman–Crippen LogP) is 3.42. The summed E-state index contributed by atoms with van der Waals surface area (Å²) in [4.78, 5) is 25.3. The lowest BCUT2D eigenvalue weighted by molar-refractivity contribution is 0.0937. The highest BCUT2D eigenvalue weighted by molar-refractivity contribution is 7.90. The van der Waals surface area contributed by atoms with E-state index < -0.39 is 33.8 Å². The summed E-state index contributed by atoms with van der Waals surface area (Å²) < 4.78 is 51.8. The average Bonchev–Trinajstić information content (AvgIpc) is 3.51. The Labute approximate surface area is 193 Å². The number of sulfone groups is 1. The van der Waals surface area contributed by atoms with Crippen molar-refractivity contribution < 1.29 is 22.0 Å². The second kappa shape index (κ2) is 8.75. The number of benzene rings is 1. The van der Waals surface area contributed by atoms with Crippen molar-refractivity contribution in [3.8, 4) is 5.95 Å². The zero-order valence-electron chi connectivity index (χ0n) is 17.5. The number of aromatic nitrogens is 5. The van der Waals surface area contributed by atoms with Crippen molar-refractivity contribution in [2.24, 2.45) is 0 Å². The molecule has 1 atom stereocenters. The first-order valence-electron chi connectivity index (χ1n) is 9.91. The van der Waals surface area contributed by atoms with Gasteiger partial charge in [-0.2, -0.15) is 4.68 Å². The molecule has 1 aromatic carbocycles. The van der Waals surface area contributed by atoms with Crippen LogP contribution < -0.4 is 5.32 Å². The number of carbonyl (C=O) groups excluding carboxylic acids is 1. The zero-order valence-corrected chi connectivity index (χ0v) is 19.1. The minimum atomic E-state index is -3.81. The number of rotatable bonds is 7. The van der Waals surface area contributed by atoms with E-state index in [1.54, 1.807) is 6.92 Å². The van der Waals surface area contributed by atoms with Gasteiger partial charge in [0.25, 0.3) is 18.3 Å². The SMILES string of the molecule is C[C@H](NC(=O)c1cc(C(F)F)cc(S(C)(=O)=O)c1)c1nc(C2CC2)nn1-c1ncc(Cl)cn1. The van der Waals surface area contributed by atoms with Crippen molar-refractivity contribution in [1.29, 1.82) is 0 Å². The van der Waals surface area contributed by atoms with Crippen LogP contribution in [0, 0.1) is 0 Å². The summed E-state index contributed by atoms with van der Waals surface area (Å²) in [6, 6.07) is 2.15. The minimum absolute atomic E-state index is 0.203. The van der Waals surface area contributed by atoms with Gasteiger partial charge in [0.1, 0.15) is 0 Å². The lowest BCUT2D eigenvalue weighted by Crippen LogP contribution is -2.29. The van der Waals surface area contributed by atoms with Crippen molar-refractivity contribution in [1.82, 2.24) is 30.0 Å². The van der Waals surface area contributed by atoms with Crippen LogP contribution in [-0.2, 0) is 9.84 Å². The smallest absolute Gasteiger partial charge is 0.263 e. The lowest BCUT2D eigenvalue weighted by atomic mass is 10.1. The zero-order chi connectivity index (χ0) is 23.9. The molecule has 2 heterocycles. The summed E-state index contributed by atoms with van der Waals surface area (Å²) in [5.74, 6) is 0.591. The number of hydrogen-bond donors (Lipinski definition) is 1. The summed E-state index contributed by atoms with van der Waals surface area (Å²) in [6.07, 6.45) is 2.63. The van der Waals surface area contributed by atoms with Crippen LogP contribution in [0.5, 0.6) is 0 Å². The van der Waals surface area contributed by atoms with E-state index in [2.05, 4.69) is 25.4 Å².